The second-order valence-electron chi connectivity index (χ2n) is 6.18. The predicted octanol–water partition coefficient (Wildman–Crippen LogP) is 3.62. The summed E-state index contributed by atoms with van der Waals surface area (Å²) in [6, 6.07) is 11.6. The highest BCUT2D eigenvalue weighted by molar-refractivity contribution is 6.02. The fourth-order valence-electron chi connectivity index (χ4n) is 2.64. The molecule has 1 heterocycles. The highest BCUT2D eigenvalue weighted by Gasteiger charge is 2.17. The summed E-state index contributed by atoms with van der Waals surface area (Å²) in [5.74, 6) is -5.33. The van der Waals surface area contributed by atoms with Crippen LogP contribution in [-0.2, 0) is 4.79 Å². The van der Waals surface area contributed by atoms with Crippen molar-refractivity contribution in [3.8, 4) is 5.75 Å². The molecule has 3 N–H and O–H groups in total. The Bertz CT molecular complexity index is 1120. The van der Waals surface area contributed by atoms with Crippen molar-refractivity contribution in [2.45, 2.75) is 0 Å². The van der Waals surface area contributed by atoms with Crippen LogP contribution in [0.2, 0.25) is 0 Å². The van der Waals surface area contributed by atoms with E-state index in [0.29, 0.717) is 17.5 Å². The van der Waals surface area contributed by atoms with Crippen LogP contribution >= 0.6 is 0 Å². The van der Waals surface area contributed by atoms with Crippen molar-refractivity contribution in [2.75, 3.05) is 24.3 Å². The first-order valence-corrected chi connectivity index (χ1v) is 8.97. The molecule has 0 spiro atoms. The number of ether oxygens (including phenoxy) is 1. The third kappa shape index (κ3) is 5.10. The summed E-state index contributed by atoms with van der Waals surface area (Å²) in [5.41, 5.74) is 0.169. The van der Waals surface area contributed by atoms with Gasteiger partial charge in [0.2, 0.25) is 5.91 Å². The second-order valence-corrected chi connectivity index (χ2v) is 6.18. The number of rotatable bonds is 7. The molecule has 0 fully saturated rings. The minimum absolute atomic E-state index is 0.139. The third-order valence-corrected chi connectivity index (χ3v) is 4.13. The maximum Gasteiger partial charge on any atom is 0.255 e. The Hall–Kier alpha value is -4.08. The quantitative estimate of drug-likeness (QED) is 0.498. The number of halogens is 3. The summed E-state index contributed by atoms with van der Waals surface area (Å²) in [6.45, 7) is -0.541. The molecule has 10 heteroatoms. The molecule has 0 radical (unpaired) electrons. The molecular formula is C21H17F3N4O3. The van der Waals surface area contributed by atoms with Gasteiger partial charge in [0, 0.05) is 6.20 Å². The van der Waals surface area contributed by atoms with Crippen molar-refractivity contribution in [1.82, 2.24) is 10.3 Å². The minimum atomic E-state index is -1.70. The largest absolute Gasteiger partial charge is 0.495 e. The van der Waals surface area contributed by atoms with Gasteiger partial charge in [-0.3, -0.25) is 9.59 Å². The van der Waals surface area contributed by atoms with Crippen molar-refractivity contribution >= 4 is 29.0 Å². The molecule has 0 aliphatic carbocycles. The molecule has 160 valence electrons. The number of pyridine rings is 1. The average molecular weight is 430 g/mol. The second kappa shape index (κ2) is 9.61. The molecule has 7 nitrogen and oxygen atoms in total. The molecule has 0 unspecified atom stereocenters. The van der Waals surface area contributed by atoms with Crippen LogP contribution in [0.4, 0.5) is 30.4 Å². The van der Waals surface area contributed by atoms with Crippen molar-refractivity contribution in [3.63, 3.8) is 0 Å². The molecule has 3 rings (SSSR count). The number of hydrogen-bond acceptors (Lipinski definition) is 5. The topological polar surface area (TPSA) is 92.3 Å². The van der Waals surface area contributed by atoms with Crippen molar-refractivity contribution < 1.29 is 27.5 Å². The maximum atomic E-state index is 13.7. The maximum absolute atomic E-state index is 13.7. The number of aromatic nitrogens is 1. The molecule has 2 aromatic carbocycles. The zero-order valence-electron chi connectivity index (χ0n) is 16.2. The first kappa shape index (κ1) is 21.6. The lowest BCUT2D eigenvalue weighted by atomic mass is 10.2. The molecule has 1 aromatic heterocycles. The Morgan fingerprint density at radius 3 is 2.52 bits per heavy atom. The van der Waals surface area contributed by atoms with Crippen LogP contribution in [0.3, 0.4) is 0 Å². The van der Waals surface area contributed by atoms with E-state index >= 15 is 0 Å². The third-order valence-electron chi connectivity index (χ3n) is 4.13. The Labute approximate surface area is 175 Å². The number of benzene rings is 2. The summed E-state index contributed by atoms with van der Waals surface area (Å²) in [6.07, 6.45) is 1.48. The lowest BCUT2D eigenvalue weighted by Gasteiger charge is -2.13. The molecule has 0 aliphatic heterocycles. The Morgan fingerprint density at radius 1 is 0.968 bits per heavy atom. The van der Waals surface area contributed by atoms with Gasteiger partial charge >= 0.3 is 0 Å². The van der Waals surface area contributed by atoms with Gasteiger partial charge < -0.3 is 20.7 Å². The van der Waals surface area contributed by atoms with E-state index in [1.165, 1.54) is 19.4 Å². The summed E-state index contributed by atoms with van der Waals surface area (Å²) < 4.78 is 45.2. The van der Waals surface area contributed by atoms with E-state index in [-0.39, 0.29) is 11.4 Å². The van der Waals surface area contributed by atoms with E-state index in [2.05, 4.69) is 20.9 Å². The van der Waals surface area contributed by atoms with Crippen molar-refractivity contribution in [2.24, 2.45) is 0 Å². The van der Waals surface area contributed by atoms with Gasteiger partial charge in [-0.1, -0.05) is 12.1 Å². The fourth-order valence-corrected chi connectivity index (χ4v) is 2.64. The first-order valence-electron chi connectivity index (χ1n) is 8.97. The monoisotopic (exact) mass is 430 g/mol. The van der Waals surface area contributed by atoms with Gasteiger partial charge in [-0.25, -0.2) is 18.2 Å². The Kier molecular flexibility index (Phi) is 6.71. The van der Waals surface area contributed by atoms with Gasteiger partial charge in [0.15, 0.2) is 17.5 Å². The predicted molar refractivity (Wildman–Crippen MR) is 108 cm³/mol. The highest BCUT2D eigenvalue weighted by Crippen LogP contribution is 2.27. The van der Waals surface area contributed by atoms with Crippen molar-refractivity contribution in [3.05, 3.63) is 77.7 Å². The lowest BCUT2D eigenvalue weighted by Crippen LogP contribution is -2.33. The number of amides is 2. The SMILES string of the molecule is COc1ccccc1Nc1ncccc1C(=O)NCC(=O)Nc1ccc(F)c(F)c1F. The van der Waals surface area contributed by atoms with E-state index in [0.717, 1.165) is 6.07 Å². The number of hydrogen-bond donors (Lipinski definition) is 3. The number of carbonyl (C=O) groups is 2. The van der Waals surface area contributed by atoms with Gasteiger partial charge in [0.05, 0.1) is 30.6 Å². The highest BCUT2D eigenvalue weighted by atomic mass is 19.2. The molecule has 2 amide bonds. The van der Waals surface area contributed by atoms with Crippen LogP contribution in [0.25, 0.3) is 0 Å². The smallest absolute Gasteiger partial charge is 0.255 e. The van der Waals surface area contributed by atoms with Gasteiger partial charge in [0.1, 0.15) is 11.6 Å². The number of para-hydroxylation sites is 2. The fraction of sp³-hybridized carbons (Fsp3) is 0.0952. The molecule has 0 saturated carbocycles. The lowest BCUT2D eigenvalue weighted by molar-refractivity contribution is -0.115. The first-order chi connectivity index (χ1) is 14.9. The minimum Gasteiger partial charge on any atom is -0.495 e. The molecule has 3 aromatic rings. The number of carbonyl (C=O) groups excluding carboxylic acids is 2. The van der Waals surface area contributed by atoms with Crippen molar-refractivity contribution in [1.29, 1.82) is 0 Å². The summed E-state index contributed by atoms with van der Waals surface area (Å²) in [5, 5.41) is 7.43. The van der Waals surface area contributed by atoms with Gasteiger partial charge in [-0.05, 0) is 36.4 Å². The van der Waals surface area contributed by atoms with Crippen LogP contribution in [0.15, 0.2) is 54.7 Å². The van der Waals surface area contributed by atoms with E-state index in [4.69, 9.17) is 4.74 Å². The zero-order valence-corrected chi connectivity index (χ0v) is 16.2. The molecular weight excluding hydrogens is 413 g/mol. The van der Waals surface area contributed by atoms with E-state index < -0.39 is 41.5 Å². The zero-order chi connectivity index (χ0) is 22.4. The summed E-state index contributed by atoms with van der Waals surface area (Å²) >= 11 is 0. The van der Waals surface area contributed by atoms with Crippen LogP contribution in [0, 0.1) is 17.5 Å². The van der Waals surface area contributed by atoms with Crippen LogP contribution in [0.1, 0.15) is 10.4 Å². The van der Waals surface area contributed by atoms with Gasteiger partial charge in [-0.15, -0.1) is 0 Å². The Morgan fingerprint density at radius 2 is 1.74 bits per heavy atom. The van der Waals surface area contributed by atoms with Gasteiger partial charge in [0.25, 0.3) is 5.91 Å². The van der Waals surface area contributed by atoms with Crippen LogP contribution < -0.4 is 20.7 Å². The van der Waals surface area contributed by atoms with E-state index in [1.807, 2.05) is 0 Å². The number of nitrogens with zero attached hydrogens (tertiary/aromatic N) is 1. The average Bonchev–Trinajstić information content (AvgIpc) is 2.78. The normalized spacial score (nSPS) is 10.3. The van der Waals surface area contributed by atoms with Gasteiger partial charge in [-0.2, -0.15) is 0 Å². The molecule has 0 saturated heterocycles. The van der Waals surface area contributed by atoms with E-state index in [1.54, 1.807) is 30.3 Å². The summed E-state index contributed by atoms with van der Waals surface area (Å²) in [4.78, 5) is 28.7. The molecule has 0 bridgehead atoms. The standard InChI is InChI=1S/C21H17F3N4O3/c1-31-16-7-3-2-6-14(16)28-20-12(5-4-10-25-20)21(30)26-11-17(29)27-15-9-8-13(22)18(23)19(15)24/h2-10H,11H2,1H3,(H,25,28)(H,26,30)(H,27,29). The summed E-state index contributed by atoms with van der Waals surface area (Å²) in [7, 11) is 1.50. The number of nitrogens with one attached hydrogen (secondary N) is 3. The molecule has 31 heavy (non-hydrogen) atoms. The molecule has 0 atom stereocenters. The van der Waals surface area contributed by atoms with E-state index in [9.17, 15) is 22.8 Å². The molecule has 0 aliphatic rings. The Balaban J connectivity index is 1.67. The van der Waals surface area contributed by atoms with Crippen LogP contribution in [-0.4, -0.2) is 30.5 Å². The van der Waals surface area contributed by atoms with Crippen LogP contribution in [0.5, 0.6) is 5.75 Å². The number of anilines is 3. The number of methoxy groups -OCH3 is 1.